The Morgan fingerprint density at radius 3 is 2.09 bits per heavy atom. The Labute approximate surface area is 387 Å². The van der Waals surface area contributed by atoms with Gasteiger partial charge in [0.25, 0.3) is 0 Å². The molecule has 6 aliphatic heterocycles. The first-order valence-corrected chi connectivity index (χ1v) is 23.5. The van der Waals surface area contributed by atoms with Crippen molar-refractivity contribution < 1.29 is 76.4 Å². The molecule has 2 aromatic rings. The third kappa shape index (κ3) is 9.51. The van der Waals surface area contributed by atoms with E-state index in [2.05, 4.69) is 16.0 Å². The number of fused-ring (bicyclic) bond motifs is 5. The predicted octanol–water partition coefficient (Wildman–Crippen LogP) is 3.95. The smallest absolute Gasteiger partial charge is 0.410 e. The number of carbonyl (C=O) groups is 4. The zero-order valence-corrected chi connectivity index (χ0v) is 37.7. The molecule has 4 N–H and O–H groups in total. The lowest BCUT2D eigenvalue weighted by Gasteiger charge is -2.51. The summed E-state index contributed by atoms with van der Waals surface area (Å²) in [5.74, 6) is -1.84. The van der Waals surface area contributed by atoms with Gasteiger partial charge in [0, 0.05) is 31.7 Å². The van der Waals surface area contributed by atoms with E-state index in [0.717, 1.165) is 30.4 Å². The third-order valence-corrected chi connectivity index (χ3v) is 14.5. The lowest BCUT2D eigenvalue weighted by atomic mass is 9.83. The van der Waals surface area contributed by atoms with Crippen LogP contribution in [0.1, 0.15) is 69.9 Å². The molecule has 0 bridgehead atoms. The Morgan fingerprint density at radius 1 is 0.761 bits per heavy atom. The maximum absolute atomic E-state index is 13.7. The van der Waals surface area contributed by atoms with Crippen LogP contribution < -0.4 is 16.0 Å². The highest BCUT2D eigenvalue weighted by Gasteiger charge is 2.63. The molecule has 9 unspecified atom stereocenters. The molecule has 0 radical (unpaired) electrons. The summed E-state index contributed by atoms with van der Waals surface area (Å²) in [7, 11) is 1.59. The van der Waals surface area contributed by atoms with Crippen LogP contribution in [0, 0.1) is 11.8 Å². The molecule has 20 heteroatoms. The Morgan fingerprint density at radius 2 is 1.40 bits per heavy atom. The van der Waals surface area contributed by atoms with E-state index in [0.29, 0.717) is 19.3 Å². The van der Waals surface area contributed by atoms with Crippen LogP contribution in [-0.2, 0) is 65.3 Å². The van der Waals surface area contributed by atoms with E-state index in [1.54, 1.807) is 14.0 Å². The van der Waals surface area contributed by atoms with E-state index in [1.807, 2.05) is 67.6 Å². The van der Waals surface area contributed by atoms with Crippen LogP contribution in [0.25, 0.3) is 0 Å². The minimum Gasteiger partial charge on any atom is -0.447 e. The lowest BCUT2D eigenvalue weighted by Crippen LogP contribution is -2.68. The van der Waals surface area contributed by atoms with Crippen LogP contribution in [0.5, 0.6) is 0 Å². The van der Waals surface area contributed by atoms with Crippen LogP contribution >= 0.6 is 0 Å². The zero-order chi connectivity index (χ0) is 46.4. The number of amides is 4. The topological polar surface area (TPSA) is 229 Å². The van der Waals surface area contributed by atoms with Crippen molar-refractivity contribution in [3.63, 3.8) is 0 Å². The van der Waals surface area contributed by atoms with E-state index in [1.165, 1.54) is 4.90 Å². The number of carbonyl (C=O) groups excluding carboxylic acids is 4. The van der Waals surface area contributed by atoms with Gasteiger partial charge in [-0.25, -0.2) is 19.2 Å². The van der Waals surface area contributed by atoms with Gasteiger partial charge in [-0.1, -0.05) is 80.9 Å². The van der Waals surface area contributed by atoms with Gasteiger partial charge in [0.05, 0.1) is 30.3 Å². The number of likely N-dealkylation sites (N-methyl/N-ethyl adjacent to an activating group) is 1. The van der Waals surface area contributed by atoms with E-state index in [9.17, 15) is 24.3 Å². The van der Waals surface area contributed by atoms with Gasteiger partial charge in [-0.15, -0.1) is 0 Å². The van der Waals surface area contributed by atoms with Crippen LogP contribution in [0.4, 0.5) is 19.2 Å². The molecule has 8 fully saturated rings. The van der Waals surface area contributed by atoms with Crippen molar-refractivity contribution in [3.8, 4) is 0 Å². The fourth-order valence-corrected chi connectivity index (χ4v) is 10.9. The summed E-state index contributed by atoms with van der Waals surface area (Å²) >= 11 is 0. The number of aliphatic hydroxyl groups is 1. The number of aliphatic hydroxyl groups excluding tert-OH is 1. The van der Waals surface area contributed by atoms with Crippen molar-refractivity contribution in [3.05, 3.63) is 71.8 Å². The molecular formula is C47H60N4O16. The molecule has 10 rings (SSSR count). The summed E-state index contributed by atoms with van der Waals surface area (Å²) in [5, 5.41) is 19.9. The molecule has 6 saturated heterocycles. The number of nitrogens with one attached hydrogen (secondary N) is 3. The summed E-state index contributed by atoms with van der Waals surface area (Å²) in [4.78, 5) is 53.8. The first-order chi connectivity index (χ1) is 32.4. The Kier molecular flexibility index (Phi) is 13.2. The molecule has 364 valence electrons. The molecule has 4 amide bonds. The number of cyclic esters (lactones) is 1. The number of hydrogen-bond acceptors (Lipinski definition) is 16. The minimum atomic E-state index is -1.04. The molecular weight excluding hydrogens is 877 g/mol. The second-order valence-corrected chi connectivity index (χ2v) is 19.1. The number of ether oxygens (including phenoxy) is 11. The van der Waals surface area contributed by atoms with Crippen molar-refractivity contribution in [1.29, 1.82) is 0 Å². The first kappa shape index (κ1) is 46.0. The van der Waals surface area contributed by atoms with Crippen molar-refractivity contribution in [2.75, 3.05) is 13.7 Å². The normalized spacial score (nSPS) is 39.6. The second-order valence-electron chi connectivity index (χ2n) is 19.1. The maximum atomic E-state index is 13.7. The van der Waals surface area contributed by atoms with Crippen molar-refractivity contribution >= 4 is 24.4 Å². The van der Waals surface area contributed by atoms with Crippen LogP contribution in [-0.4, -0.2) is 146 Å². The number of rotatable bonds is 10. The van der Waals surface area contributed by atoms with Crippen LogP contribution in [0.2, 0.25) is 0 Å². The highest BCUT2D eigenvalue weighted by atomic mass is 16.8. The summed E-state index contributed by atoms with van der Waals surface area (Å²) in [6, 6.07) is 15.8. The van der Waals surface area contributed by atoms with Gasteiger partial charge in [0.15, 0.2) is 30.8 Å². The van der Waals surface area contributed by atoms with Gasteiger partial charge in [0.1, 0.15) is 56.4 Å². The molecule has 2 aromatic carbocycles. The SMILES string of the molecule is CC1C[C@@H]2OC(O[C@H]3OC4COC(=O)N[C@H]4[C@H](O)C3C)C3C(OC(=O)N3C)C2O[C@@H]1O[C@@H]1C(NC(=O)OCc2ccccc2)C[C@@H](NC(=O)OCc2ccccc2)C2OC3(CCCCC3)O[C@H]21. The van der Waals surface area contributed by atoms with E-state index in [4.69, 9.17) is 52.1 Å². The standard InChI is InChI=1S/C47H60N4O16/c1-24-19-30-37(38-33(51(3)46(56)64-38)42(60-30)65-41-25(2)34(52)32-31(61-41)23-59-45(55)50-32)63-40(24)62-35-28(48-43(53)57-21-26-13-7-4-8-14-26)20-29(49-44(54)58-22-27-15-9-5-10-16-27)36-39(35)67-47(66-36)17-11-6-12-18-47/h4-5,7-10,13-16,24-25,28-42,52H,6,11-12,17-23H2,1-3H3,(H,48,53)(H,49,54)(H,50,55)/t24?,25?,28?,29-,30+,31?,32-,33?,34-,35-,36?,37?,38?,39+,40+,41-,42?/m1/s1. The van der Waals surface area contributed by atoms with Gasteiger partial charge >= 0.3 is 24.4 Å². The second kappa shape index (κ2) is 19.3. The lowest BCUT2D eigenvalue weighted by molar-refractivity contribution is -0.371. The Balaban J connectivity index is 0.884. The highest BCUT2D eigenvalue weighted by Crippen LogP contribution is 2.48. The van der Waals surface area contributed by atoms with Gasteiger partial charge in [-0.05, 0) is 36.8 Å². The van der Waals surface area contributed by atoms with Crippen molar-refractivity contribution in [2.45, 2.75) is 170 Å². The van der Waals surface area contributed by atoms with Crippen molar-refractivity contribution in [1.82, 2.24) is 20.9 Å². The Hall–Kier alpha value is -4.80. The third-order valence-electron chi connectivity index (χ3n) is 14.5. The average molecular weight is 937 g/mol. The number of alkyl carbamates (subject to hydrolysis) is 3. The molecule has 2 saturated carbocycles. The van der Waals surface area contributed by atoms with Gasteiger partial charge < -0.3 is 73.2 Å². The Bertz CT molecular complexity index is 2080. The summed E-state index contributed by atoms with van der Waals surface area (Å²) < 4.78 is 69.5. The molecule has 2 aliphatic carbocycles. The highest BCUT2D eigenvalue weighted by molar-refractivity contribution is 5.71. The van der Waals surface area contributed by atoms with Crippen LogP contribution in [0.3, 0.4) is 0 Å². The zero-order valence-electron chi connectivity index (χ0n) is 37.7. The van der Waals surface area contributed by atoms with Crippen molar-refractivity contribution in [2.24, 2.45) is 11.8 Å². The molecule has 67 heavy (non-hydrogen) atoms. The molecule has 1 spiro atoms. The average Bonchev–Trinajstić information content (AvgIpc) is 3.85. The molecule has 6 heterocycles. The fraction of sp³-hybridized carbons (Fsp3) is 0.660. The largest absolute Gasteiger partial charge is 0.447 e. The summed E-state index contributed by atoms with van der Waals surface area (Å²) in [5.41, 5.74) is 1.63. The van der Waals surface area contributed by atoms with Crippen LogP contribution in [0.15, 0.2) is 60.7 Å². The van der Waals surface area contributed by atoms with E-state index in [-0.39, 0.29) is 32.2 Å². The fourth-order valence-electron chi connectivity index (χ4n) is 10.9. The predicted molar refractivity (Wildman–Crippen MR) is 228 cm³/mol. The molecule has 0 aromatic heterocycles. The molecule has 17 atom stereocenters. The maximum Gasteiger partial charge on any atom is 0.410 e. The minimum absolute atomic E-state index is 0.0273. The van der Waals surface area contributed by atoms with E-state index < -0.39 is 128 Å². The summed E-state index contributed by atoms with van der Waals surface area (Å²) in [6.45, 7) is 3.72. The van der Waals surface area contributed by atoms with Gasteiger partial charge in [0.2, 0.25) is 0 Å². The molecule has 20 nitrogen and oxygen atoms in total. The van der Waals surface area contributed by atoms with Gasteiger partial charge in [-0.2, -0.15) is 0 Å². The first-order valence-electron chi connectivity index (χ1n) is 23.5. The molecule has 8 aliphatic rings. The number of hydrogen-bond donors (Lipinski definition) is 4. The monoisotopic (exact) mass is 936 g/mol. The number of benzene rings is 2. The van der Waals surface area contributed by atoms with E-state index >= 15 is 0 Å². The quantitative estimate of drug-likeness (QED) is 0.247. The van der Waals surface area contributed by atoms with Gasteiger partial charge in [-0.3, -0.25) is 4.90 Å². The number of nitrogens with zero attached hydrogens (tertiary/aromatic N) is 1. The summed E-state index contributed by atoms with van der Waals surface area (Å²) in [6.07, 6.45) is -7.13.